The highest BCUT2D eigenvalue weighted by atomic mass is 79.9. The second kappa shape index (κ2) is 90.0. The van der Waals surface area contributed by atoms with Crippen LogP contribution in [0.2, 0.25) is 0 Å². The maximum atomic E-state index is 7.00. The van der Waals surface area contributed by atoms with E-state index in [9.17, 15) is 0 Å². The first-order valence-corrected chi connectivity index (χ1v) is 0.447. The van der Waals surface area contributed by atoms with Crippen molar-refractivity contribution in [2.75, 3.05) is 7.11 Å². The van der Waals surface area contributed by atoms with E-state index in [1.807, 2.05) is 0 Å². The summed E-state index contributed by atoms with van der Waals surface area (Å²) >= 11 is 0. The molecular weight excluding hydrogens is 279 g/mol. The Labute approximate surface area is 71.4 Å². The van der Waals surface area contributed by atoms with Gasteiger partial charge in [0.05, 0.1) is 8.41 Å². The molecule has 0 heterocycles. The Kier molecular flexibility index (Phi) is 770. The van der Waals surface area contributed by atoms with Gasteiger partial charge in [-0.1, -0.05) is 0 Å². The van der Waals surface area contributed by atoms with Crippen LogP contribution in [0, 0.1) is 0 Å². The maximum absolute atomic E-state index is 7.00. The quantitative estimate of drug-likeness (QED) is 0.630. The molecule has 5 heteroatoms. The number of hydrogen-bond donors (Lipinski definition) is 1. The minimum absolute atomic E-state index is 0. The van der Waals surface area contributed by atoms with E-state index in [2.05, 4.69) is 0 Å². The summed E-state index contributed by atoms with van der Waals surface area (Å²) in [6, 6.07) is 0. The highest BCUT2D eigenvalue weighted by molar-refractivity contribution is 8.93. The van der Waals surface area contributed by atoms with Gasteiger partial charge in [0.1, 0.15) is 0 Å². The molecule has 0 fully saturated rings. The fourth-order valence-electron chi connectivity index (χ4n) is 0. The van der Waals surface area contributed by atoms with Crippen molar-refractivity contribution < 1.29 is 5.11 Å². The summed E-state index contributed by atoms with van der Waals surface area (Å²) in [5.41, 5.74) is 0. The predicted octanol–water partition coefficient (Wildman–Crippen LogP) is 0.158. The zero-order valence-electron chi connectivity index (χ0n) is 2.67. The molecule has 0 saturated carbocycles. The largest absolute Gasteiger partial charge is 0.400 e. The standard InChI is InChI=1S/CH4O.BH3.3BrH/c1-2;;;;/h2H,1H3;1H3;3*1H. The van der Waals surface area contributed by atoms with E-state index in [-0.39, 0.29) is 59.4 Å². The van der Waals surface area contributed by atoms with Crippen LogP contribution >= 0.6 is 50.9 Å². The molecule has 6 heavy (non-hydrogen) atoms. The van der Waals surface area contributed by atoms with Crippen LogP contribution in [0.4, 0.5) is 0 Å². The molecule has 0 aliphatic carbocycles. The normalized spacial score (nSPS) is 1.00. The fourth-order valence-corrected chi connectivity index (χ4v) is 0. The van der Waals surface area contributed by atoms with Crippen molar-refractivity contribution in [2.45, 2.75) is 0 Å². The molecule has 0 spiro atoms. The van der Waals surface area contributed by atoms with Gasteiger partial charge in [0.25, 0.3) is 0 Å². The first kappa shape index (κ1) is 51.4. The molecule has 0 rings (SSSR count). The summed E-state index contributed by atoms with van der Waals surface area (Å²) < 4.78 is 0. The molecular formula is CH10BBr3O. The van der Waals surface area contributed by atoms with Gasteiger partial charge in [0.15, 0.2) is 0 Å². The highest BCUT2D eigenvalue weighted by Gasteiger charge is 0.839. The number of aliphatic hydroxyl groups is 1. The zero-order valence-corrected chi connectivity index (χ0v) is 7.81. The average molecular weight is 289 g/mol. The Balaban J connectivity index is -0.000000000833. The maximum Gasteiger partial charge on any atom is 0.0814 e. The number of halogens is 3. The first-order valence-electron chi connectivity index (χ1n) is 0.447. The molecule has 0 aromatic heterocycles. The van der Waals surface area contributed by atoms with Crippen LogP contribution in [0.1, 0.15) is 0 Å². The van der Waals surface area contributed by atoms with E-state index in [1.165, 1.54) is 0 Å². The summed E-state index contributed by atoms with van der Waals surface area (Å²) in [7, 11) is 1.00. The Morgan fingerprint density at radius 2 is 0.833 bits per heavy atom. The molecule has 0 amide bonds. The van der Waals surface area contributed by atoms with E-state index in [0.717, 1.165) is 7.11 Å². The van der Waals surface area contributed by atoms with Crippen molar-refractivity contribution in [2.24, 2.45) is 0 Å². The Hall–Kier alpha value is 1.46. The van der Waals surface area contributed by atoms with Crippen LogP contribution in [-0.2, 0) is 0 Å². The molecule has 1 N–H and O–H groups in total. The lowest BCUT2D eigenvalue weighted by Crippen LogP contribution is -1.25. The molecule has 0 aliphatic rings. The second-order valence-corrected chi connectivity index (χ2v) is 0. The molecule has 0 aromatic carbocycles. The van der Waals surface area contributed by atoms with Crippen LogP contribution in [0.5, 0.6) is 0 Å². The van der Waals surface area contributed by atoms with Crippen molar-refractivity contribution >= 4 is 59.4 Å². The van der Waals surface area contributed by atoms with E-state index in [1.54, 1.807) is 0 Å². The smallest absolute Gasteiger partial charge is 0.0814 e. The van der Waals surface area contributed by atoms with Gasteiger partial charge in [0, 0.05) is 7.11 Å². The van der Waals surface area contributed by atoms with E-state index in [4.69, 9.17) is 5.11 Å². The monoisotopic (exact) mass is 286 g/mol. The molecule has 0 saturated heterocycles. The lowest BCUT2D eigenvalue weighted by molar-refractivity contribution is 0.399. The van der Waals surface area contributed by atoms with Crippen molar-refractivity contribution in [1.82, 2.24) is 0 Å². The van der Waals surface area contributed by atoms with Gasteiger partial charge in [-0.15, -0.1) is 50.9 Å². The summed E-state index contributed by atoms with van der Waals surface area (Å²) in [6.45, 7) is 0. The van der Waals surface area contributed by atoms with E-state index >= 15 is 0 Å². The Bertz CT molecular complexity index is 10.8. The van der Waals surface area contributed by atoms with Crippen LogP contribution in [0.25, 0.3) is 0 Å². The minimum atomic E-state index is 0. The third-order valence-electron chi connectivity index (χ3n) is 0. The van der Waals surface area contributed by atoms with Gasteiger partial charge in [-0.2, -0.15) is 0 Å². The molecule has 0 radical (unpaired) electrons. The van der Waals surface area contributed by atoms with Gasteiger partial charge in [0.2, 0.25) is 0 Å². The molecule has 0 aliphatic heterocycles. The fraction of sp³-hybridized carbons (Fsp3) is 1.00. The van der Waals surface area contributed by atoms with Crippen LogP contribution in [0.15, 0.2) is 0 Å². The topological polar surface area (TPSA) is 20.2 Å². The minimum Gasteiger partial charge on any atom is -0.400 e. The summed E-state index contributed by atoms with van der Waals surface area (Å²) in [5.74, 6) is 0. The molecule has 0 aromatic rings. The molecule has 44 valence electrons. The van der Waals surface area contributed by atoms with Gasteiger partial charge in [-0.25, -0.2) is 0 Å². The number of hydrogen-bond acceptors (Lipinski definition) is 1. The highest BCUT2D eigenvalue weighted by Crippen LogP contribution is 0.848. The SMILES string of the molecule is B.Br.Br.Br.CO. The Morgan fingerprint density at radius 3 is 0.833 bits per heavy atom. The summed E-state index contributed by atoms with van der Waals surface area (Å²) in [5, 5.41) is 7.00. The van der Waals surface area contributed by atoms with Gasteiger partial charge < -0.3 is 5.11 Å². The average Bonchev–Trinajstić information content (AvgIpc) is 1.00. The third kappa shape index (κ3) is 50.8. The van der Waals surface area contributed by atoms with Gasteiger partial charge >= 0.3 is 0 Å². The van der Waals surface area contributed by atoms with Gasteiger partial charge in [-0.3, -0.25) is 0 Å². The predicted molar refractivity (Wildman–Crippen MR) is 49.0 cm³/mol. The molecule has 1 nitrogen and oxygen atoms in total. The van der Waals surface area contributed by atoms with Crippen LogP contribution < -0.4 is 0 Å². The third-order valence-corrected chi connectivity index (χ3v) is 0. The lowest BCUT2D eigenvalue weighted by atomic mass is 10.8. The first-order chi connectivity index (χ1) is 1.00. The van der Waals surface area contributed by atoms with Crippen molar-refractivity contribution in [3.05, 3.63) is 0 Å². The van der Waals surface area contributed by atoms with Crippen molar-refractivity contribution in [3.8, 4) is 0 Å². The number of rotatable bonds is 0. The van der Waals surface area contributed by atoms with E-state index in [0.29, 0.717) is 0 Å². The number of aliphatic hydroxyl groups excluding tert-OH is 1. The van der Waals surface area contributed by atoms with E-state index < -0.39 is 0 Å². The van der Waals surface area contributed by atoms with Crippen LogP contribution in [0.3, 0.4) is 0 Å². The van der Waals surface area contributed by atoms with Crippen LogP contribution in [-0.4, -0.2) is 20.6 Å². The summed E-state index contributed by atoms with van der Waals surface area (Å²) in [6.07, 6.45) is 0. The lowest BCUT2D eigenvalue weighted by Gasteiger charge is -1.21. The van der Waals surface area contributed by atoms with Gasteiger partial charge in [-0.05, 0) is 0 Å². The van der Waals surface area contributed by atoms with Crippen molar-refractivity contribution in [3.63, 3.8) is 0 Å². The second-order valence-electron chi connectivity index (χ2n) is 0. The Morgan fingerprint density at radius 1 is 0.833 bits per heavy atom. The van der Waals surface area contributed by atoms with Crippen molar-refractivity contribution in [1.29, 1.82) is 0 Å². The molecule has 0 unspecified atom stereocenters. The molecule has 0 atom stereocenters. The molecule has 0 bridgehead atoms. The summed E-state index contributed by atoms with van der Waals surface area (Å²) in [4.78, 5) is 0. The zero-order chi connectivity index (χ0) is 2.00.